The molecule has 10 heavy (non-hydrogen) atoms. The summed E-state index contributed by atoms with van der Waals surface area (Å²) in [6.07, 6.45) is 0.564. The largest absolute Gasteiger partial charge is 0.393 e. The molecule has 1 N–H and O–H groups in total. The monoisotopic (exact) mass is 142 g/mol. The van der Waals surface area contributed by atoms with Crippen molar-refractivity contribution in [2.45, 2.75) is 40.2 Å². The molecular formula is C9H18O. The first-order valence-electron chi connectivity index (χ1n) is 3.70. The highest BCUT2D eigenvalue weighted by atomic mass is 16.3. The van der Waals surface area contributed by atoms with Gasteiger partial charge in [-0.3, -0.25) is 0 Å². The Balaban J connectivity index is 4.00. The molecule has 0 aliphatic rings. The summed E-state index contributed by atoms with van der Waals surface area (Å²) in [5.41, 5.74) is 1.21. The van der Waals surface area contributed by atoms with Crippen molar-refractivity contribution in [1.29, 1.82) is 0 Å². The average molecular weight is 142 g/mol. The molecule has 0 aromatic rings. The molecule has 0 rings (SSSR count). The maximum Gasteiger partial charge on any atom is 0.0520 e. The maximum absolute atomic E-state index is 9.10. The quantitative estimate of drug-likeness (QED) is 0.600. The third-order valence-corrected chi connectivity index (χ3v) is 1.96. The molecule has 0 saturated heterocycles. The highest BCUT2D eigenvalue weighted by molar-refractivity contribution is 5.03. The summed E-state index contributed by atoms with van der Waals surface area (Å²) in [4.78, 5) is 0. The lowest BCUT2D eigenvalue weighted by Gasteiger charge is -2.26. The van der Waals surface area contributed by atoms with Crippen molar-refractivity contribution < 1.29 is 5.11 Å². The first-order valence-corrected chi connectivity index (χ1v) is 3.70. The van der Waals surface area contributed by atoms with Gasteiger partial charge in [0.1, 0.15) is 0 Å². The van der Waals surface area contributed by atoms with Crippen molar-refractivity contribution in [2.24, 2.45) is 5.41 Å². The van der Waals surface area contributed by atoms with E-state index >= 15 is 0 Å². The molecule has 0 heterocycles. The number of hydrogen-bond acceptors (Lipinski definition) is 1. The Morgan fingerprint density at radius 1 is 1.60 bits per heavy atom. The third kappa shape index (κ3) is 3.02. The average Bonchev–Trinajstić information content (AvgIpc) is 1.60. The van der Waals surface area contributed by atoms with Gasteiger partial charge in [-0.2, -0.15) is 0 Å². The summed E-state index contributed by atoms with van der Waals surface area (Å²) in [5.74, 6) is 0. The minimum absolute atomic E-state index is 0.0775. The zero-order valence-electron chi connectivity index (χ0n) is 7.44. The Bertz CT molecular complexity index is 123. The van der Waals surface area contributed by atoms with E-state index in [1.807, 2.05) is 13.8 Å². The molecule has 0 saturated carbocycles. The van der Waals surface area contributed by atoms with E-state index in [0.717, 1.165) is 12.0 Å². The minimum atomic E-state index is -0.230. The predicted molar refractivity (Wildman–Crippen MR) is 44.9 cm³/mol. The molecule has 1 nitrogen and oxygen atoms in total. The van der Waals surface area contributed by atoms with Crippen LogP contribution in [0.15, 0.2) is 12.2 Å². The minimum Gasteiger partial charge on any atom is -0.393 e. The van der Waals surface area contributed by atoms with Crippen LogP contribution in [0.3, 0.4) is 0 Å². The molecule has 60 valence electrons. The second-order valence-electron chi connectivity index (χ2n) is 3.72. The van der Waals surface area contributed by atoms with Gasteiger partial charge in [0.05, 0.1) is 6.10 Å². The molecule has 0 fully saturated rings. The van der Waals surface area contributed by atoms with Gasteiger partial charge < -0.3 is 5.11 Å². The lowest BCUT2D eigenvalue weighted by atomic mass is 9.81. The molecule has 0 aliphatic heterocycles. The van der Waals surface area contributed by atoms with Crippen molar-refractivity contribution in [3.8, 4) is 0 Å². The van der Waals surface area contributed by atoms with E-state index in [-0.39, 0.29) is 11.5 Å². The van der Waals surface area contributed by atoms with Gasteiger partial charge in [0.2, 0.25) is 0 Å². The highest BCUT2D eigenvalue weighted by Crippen LogP contribution is 2.29. The van der Waals surface area contributed by atoms with Crippen LogP contribution in [0.1, 0.15) is 34.1 Å². The summed E-state index contributed by atoms with van der Waals surface area (Å²) in [6, 6.07) is 0. The fraction of sp³-hybridized carbons (Fsp3) is 0.778. The Hall–Kier alpha value is -0.300. The fourth-order valence-electron chi connectivity index (χ4n) is 0.913. The Morgan fingerprint density at radius 2 is 2.00 bits per heavy atom. The summed E-state index contributed by atoms with van der Waals surface area (Å²) in [5, 5.41) is 9.10. The van der Waals surface area contributed by atoms with Crippen molar-refractivity contribution in [3.63, 3.8) is 0 Å². The molecule has 0 aromatic carbocycles. The maximum atomic E-state index is 9.10. The molecule has 1 atom stereocenters. The lowest BCUT2D eigenvalue weighted by Crippen LogP contribution is -2.18. The van der Waals surface area contributed by atoms with E-state index in [4.69, 9.17) is 5.11 Å². The normalized spacial score (nSPS) is 14.9. The van der Waals surface area contributed by atoms with Crippen LogP contribution in [0.2, 0.25) is 0 Å². The van der Waals surface area contributed by atoms with E-state index < -0.39 is 0 Å². The van der Waals surface area contributed by atoms with E-state index in [1.165, 1.54) is 0 Å². The Kier molecular flexibility index (Phi) is 3.10. The molecule has 0 spiro atoms. The van der Waals surface area contributed by atoms with Gasteiger partial charge in [0.15, 0.2) is 0 Å². The van der Waals surface area contributed by atoms with Gasteiger partial charge >= 0.3 is 0 Å². The molecular weight excluding hydrogens is 124 g/mol. The van der Waals surface area contributed by atoms with Gasteiger partial charge in [0, 0.05) is 0 Å². The van der Waals surface area contributed by atoms with Gasteiger partial charge in [-0.1, -0.05) is 26.0 Å². The standard InChI is InChI=1S/C9H18O/c1-7(2)9(4,5)6-8(3)10/h8,10H,1,6H2,2-5H3. The van der Waals surface area contributed by atoms with Crippen LogP contribution in [0.4, 0.5) is 0 Å². The van der Waals surface area contributed by atoms with E-state index in [2.05, 4.69) is 20.4 Å². The summed E-state index contributed by atoms with van der Waals surface area (Å²) < 4.78 is 0. The first kappa shape index (κ1) is 9.70. The van der Waals surface area contributed by atoms with Gasteiger partial charge in [0.25, 0.3) is 0 Å². The fourth-order valence-corrected chi connectivity index (χ4v) is 0.913. The first-order chi connectivity index (χ1) is 4.36. The number of aliphatic hydroxyl groups excluding tert-OH is 1. The Morgan fingerprint density at radius 3 is 2.10 bits per heavy atom. The highest BCUT2D eigenvalue weighted by Gasteiger charge is 2.20. The number of aliphatic hydroxyl groups is 1. The van der Waals surface area contributed by atoms with E-state index in [1.54, 1.807) is 0 Å². The zero-order valence-corrected chi connectivity index (χ0v) is 7.44. The summed E-state index contributed by atoms with van der Waals surface area (Å²) >= 11 is 0. The molecule has 1 heteroatoms. The topological polar surface area (TPSA) is 20.2 Å². The molecule has 1 unspecified atom stereocenters. The van der Waals surface area contributed by atoms with Crippen LogP contribution in [-0.4, -0.2) is 11.2 Å². The van der Waals surface area contributed by atoms with Crippen molar-refractivity contribution in [2.75, 3.05) is 0 Å². The molecule has 0 radical (unpaired) electrons. The second-order valence-corrected chi connectivity index (χ2v) is 3.72. The van der Waals surface area contributed by atoms with Crippen molar-refractivity contribution in [1.82, 2.24) is 0 Å². The molecule has 0 aliphatic carbocycles. The van der Waals surface area contributed by atoms with E-state index in [9.17, 15) is 0 Å². The van der Waals surface area contributed by atoms with Gasteiger partial charge in [-0.15, -0.1) is 0 Å². The van der Waals surface area contributed by atoms with Crippen molar-refractivity contribution >= 4 is 0 Å². The zero-order chi connectivity index (χ0) is 8.36. The SMILES string of the molecule is C=C(C)C(C)(C)CC(C)O. The molecule has 0 amide bonds. The van der Waals surface area contributed by atoms with Crippen LogP contribution in [0.25, 0.3) is 0 Å². The van der Waals surface area contributed by atoms with Crippen LogP contribution in [0.5, 0.6) is 0 Å². The number of rotatable bonds is 3. The van der Waals surface area contributed by atoms with E-state index in [0.29, 0.717) is 0 Å². The summed E-state index contributed by atoms with van der Waals surface area (Å²) in [7, 11) is 0. The van der Waals surface area contributed by atoms with Crippen LogP contribution >= 0.6 is 0 Å². The second kappa shape index (κ2) is 3.20. The predicted octanol–water partition coefficient (Wildman–Crippen LogP) is 2.36. The smallest absolute Gasteiger partial charge is 0.0520 e. The number of hydrogen-bond donors (Lipinski definition) is 1. The third-order valence-electron chi connectivity index (χ3n) is 1.96. The summed E-state index contributed by atoms with van der Waals surface area (Å²) in [6.45, 7) is 11.9. The van der Waals surface area contributed by atoms with Gasteiger partial charge in [-0.05, 0) is 25.7 Å². The van der Waals surface area contributed by atoms with Gasteiger partial charge in [-0.25, -0.2) is 0 Å². The Labute approximate surface area is 63.8 Å². The molecule has 0 bridgehead atoms. The lowest BCUT2D eigenvalue weighted by molar-refractivity contribution is 0.144. The molecule has 0 aromatic heterocycles. The van der Waals surface area contributed by atoms with Crippen LogP contribution in [0, 0.1) is 5.41 Å². The number of allylic oxidation sites excluding steroid dienone is 1. The van der Waals surface area contributed by atoms with Crippen LogP contribution in [-0.2, 0) is 0 Å². The van der Waals surface area contributed by atoms with Crippen LogP contribution < -0.4 is 0 Å². The van der Waals surface area contributed by atoms with Crippen molar-refractivity contribution in [3.05, 3.63) is 12.2 Å².